The third kappa shape index (κ3) is 3.20. The fourth-order valence-electron chi connectivity index (χ4n) is 1.07. The third-order valence-electron chi connectivity index (χ3n) is 1.53. The molecule has 0 radical (unpaired) electrons. The molecule has 3 nitrogen and oxygen atoms in total. The lowest BCUT2D eigenvalue weighted by molar-refractivity contribution is -0.00000249. The van der Waals surface area contributed by atoms with Gasteiger partial charge in [-0.1, -0.05) is 0 Å². The van der Waals surface area contributed by atoms with Crippen molar-refractivity contribution >= 4 is 21.9 Å². The SMILES string of the molecule is CN(C)[P+](Br)(N(C)C)N(C)C.[Br-]. The van der Waals surface area contributed by atoms with Crippen LogP contribution in [-0.2, 0) is 0 Å². The van der Waals surface area contributed by atoms with Crippen LogP contribution in [-0.4, -0.2) is 56.3 Å². The van der Waals surface area contributed by atoms with Crippen LogP contribution in [0.2, 0.25) is 0 Å². The van der Waals surface area contributed by atoms with Crippen LogP contribution in [0.1, 0.15) is 0 Å². The van der Waals surface area contributed by atoms with Crippen molar-refractivity contribution in [2.45, 2.75) is 0 Å². The molecule has 0 fully saturated rings. The minimum Gasteiger partial charge on any atom is -1.00 e. The van der Waals surface area contributed by atoms with Gasteiger partial charge in [-0.25, -0.2) is 0 Å². The first kappa shape index (κ1) is 15.7. The van der Waals surface area contributed by atoms with Gasteiger partial charge < -0.3 is 17.0 Å². The van der Waals surface area contributed by atoms with Crippen LogP contribution in [0.15, 0.2) is 0 Å². The molecule has 0 aliphatic carbocycles. The third-order valence-corrected chi connectivity index (χ3v) is 10.3. The summed E-state index contributed by atoms with van der Waals surface area (Å²) in [5.74, 6) is 0. The molecule has 0 amide bonds. The molecule has 76 valence electrons. The van der Waals surface area contributed by atoms with Crippen LogP contribution in [0.5, 0.6) is 0 Å². The van der Waals surface area contributed by atoms with Gasteiger partial charge in [-0.05, 0) is 0 Å². The van der Waals surface area contributed by atoms with E-state index in [2.05, 4.69) is 71.8 Å². The van der Waals surface area contributed by atoms with Gasteiger partial charge in [-0.2, -0.15) is 0 Å². The molecule has 6 heteroatoms. The van der Waals surface area contributed by atoms with Crippen molar-refractivity contribution in [3.05, 3.63) is 0 Å². The predicted molar refractivity (Wildman–Crippen MR) is 56.9 cm³/mol. The molecule has 0 aliphatic rings. The zero-order chi connectivity index (χ0) is 9.23. The molecule has 0 atom stereocenters. The standard InChI is InChI=1S/C6H18BrN3P.BrH/c1-8(2)11(7,9(3)4)10(5)6;/h1-6H3;1H/q+1;/p-1. The lowest BCUT2D eigenvalue weighted by Gasteiger charge is -2.33. The van der Waals surface area contributed by atoms with E-state index < -0.39 is 6.42 Å². The summed E-state index contributed by atoms with van der Waals surface area (Å²) in [6.45, 7) is 0. The smallest absolute Gasteiger partial charge is 0.298 e. The van der Waals surface area contributed by atoms with Crippen molar-refractivity contribution in [3.63, 3.8) is 0 Å². The van der Waals surface area contributed by atoms with Gasteiger partial charge in [0.2, 0.25) is 15.5 Å². The minimum absolute atomic E-state index is 0. The summed E-state index contributed by atoms with van der Waals surface area (Å²) in [5, 5.41) is 0. The van der Waals surface area contributed by atoms with E-state index in [-0.39, 0.29) is 17.0 Å². The molecule has 0 aromatic carbocycles. The lowest BCUT2D eigenvalue weighted by Crippen LogP contribution is -3.00. The fraction of sp³-hybridized carbons (Fsp3) is 1.00. The molecule has 12 heavy (non-hydrogen) atoms. The van der Waals surface area contributed by atoms with E-state index >= 15 is 0 Å². The first-order valence-electron chi connectivity index (χ1n) is 3.45. The first-order chi connectivity index (χ1) is 4.83. The first-order valence-corrected chi connectivity index (χ1v) is 7.12. The van der Waals surface area contributed by atoms with Gasteiger partial charge in [-0.15, -0.1) is 14.0 Å². The van der Waals surface area contributed by atoms with Crippen molar-refractivity contribution < 1.29 is 17.0 Å². The largest absolute Gasteiger partial charge is 1.00 e. The van der Waals surface area contributed by atoms with E-state index in [9.17, 15) is 0 Å². The molecule has 0 unspecified atom stereocenters. The van der Waals surface area contributed by atoms with Gasteiger partial charge in [-0.3, -0.25) is 0 Å². The Morgan fingerprint density at radius 2 is 0.917 bits per heavy atom. The van der Waals surface area contributed by atoms with Gasteiger partial charge in [0.15, 0.2) is 0 Å². The van der Waals surface area contributed by atoms with Crippen LogP contribution in [0.4, 0.5) is 0 Å². The summed E-state index contributed by atoms with van der Waals surface area (Å²) in [5.41, 5.74) is 0. The number of rotatable bonds is 3. The molecule has 0 spiro atoms. The van der Waals surface area contributed by atoms with Gasteiger partial charge >= 0.3 is 0 Å². The second-order valence-corrected chi connectivity index (χ2v) is 9.28. The van der Waals surface area contributed by atoms with Gasteiger partial charge in [0.05, 0.1) is 0 Å². The summed E-state index contributed by atoms with van der Waals surface area (Å²) in [4.78, 5) is 0. The Bertz CT molecular complexity index is 108. The van der Waals surface area contributed by atoms with E-state index in [0.717, 1.165) is 0 Å². The Hall–Kier alpha value is 1.27. The molecule has 0 bridgehead atoms. The number of hydrogen-bond donors (Lipinski definition) is 0. The van der Waals surface area contributed by atoms with Crippen LogP contribution in [0, 0.1) is 0 Å². The van der Waals surface area contributed by atoms with E-state index in [1.807, 2.05) is 0 Å². The monoisotopic (exact) mass is 321 g/mol. The van der Waals surface area contributed by atoms with Crippen molar-refractivity contribution in [1.29, 1.82) is 0 Å². The predicted octanol–water partition coefficient (Wildman–Crippen LogP) is -1.25. The van der Waals surface area contributed by atoms with Crippen molar-refractivity contribution in [2.75, 3.05) is 42.3 Å². The molecular weight excluding hydrogens is 305 g/mol. The maximum Gasteiger partial charge on any atom is 0.298 e. The molecule has 0 saturated carbocycles. The van der Waals surface area contributed by atoms with Crippen molar-refractivity contribution in [1.82, 2.24) is 14.0 Å². The number of nitrogens with zero attached hydrogens (tertiary/aromatic N) is 3. The second-order valence-electron chi connectivity index (χ2n) is 3.04. The van der Waals surface area contributed by atoms with Gasteiger partial charge in [0.1, 0.15) is 0 Å². The summed E-state index contributed by atoms with van der Waals surface area (Å²) >= 11 is 3.77. The topological polar surface area (TPSA) is 9.72 Å². The van der Waals surface area contributed by atoms with Gasteiger partial charge in [0.25, 0.3) is 6.42 Å². The van der Waals surface area contributed by atoms with Crippen molar-refractivity contribution in [2.24, 2.45) is 0 Å². The Kier molecular flexibility index (Phi) is 7.72. The van der Waals surface area contributed by atoms with Crippen LogP contribution >= 0.6 is 21.9 Å². The summed E-state index contributed by atoms with van der Waals surface area (Å²) in [7, 11) is 12.5. The molecule has 0 aromatic rings. The normalized spacial score (nSPS) is 12.5. The maximum atomic E-state index is 3.77. The lowest BCUT2D eigenvalue weighted by atomic mass is 11.2. The highest BCUT2D eigenvalue weighted by atomic mass is 79.9. The van der Waals surface area contributed by atoms with Gasteiger partial charge in [0, 0.05) is 42.3 Å². The van der Waals surface area contributed by atoms with E-state index in [0.29, 0.717) is 0 Å². The number of halogens is 2. The Morgan fingerprint density at radius 3 is 0.917 bits per heavy atom. The maximum absolute atomic E-state index is 3.77. The highest BCUT2D eigenvalue weighted by Gasteiger charge is 2.45. The highest BCUT2D eigenvalue weighted by molar-refractivity contribution is 9.41. The summed E-state index contributed by atoms with van der Waals surface area (Å²) in [6.07, 6.45) is -1.37. The summed E-state index contributed by atoms with van der Waals surface area (Å²) in [6, 6.07) is 0. The zero-order valence-electron chi connectivity index (χ0n) is 8.54. The Morgan fingerprint density at radius 1 is 0.750 bits per heavy atom. The highest BCUT2D eigenvalue weighted by Crippen LogP contribution is 2.70. The van der Waals surface area contributed by atoms with E-state index in [1.54, 1.807) is 0 Å². The molecule has 0 rings (SSSR count). The fourth-order valence-corrected chi connectivity index (χ4v) is 3.22. The van der Waals surface area contributed by atoms with Crippen LogP contribution < -0.4 is 17.0 Å². The Labute approximate surface area is 95.1 Å². The van der Waals surface area contributed by atoms with Crippen LogP contribution in [0.3, 0.4) is 0 Å². The molecule has 0 aliphatic heterocycles. The molecule has 0 aromatic heterocycles. The number of hydrogen-bond acceptors (Lipinski definition) is 3. The van der Waals surface area contributed by atoms with Crippen LogP contribution in [0.25, 0.3) is 0 Å². The van der Waals surface area contributed by atoms with E-state index in [1.165, 1.54) is 0 Å². The average Bonchev–Trinajstić information content (AvgIpc) is 1.84. The quantitative estimate of drug-likeness (QED) is 0.601. The zero-order valence-corrected chi connectivity index (χ0v) is 12.6. The average molecular weight is 323 g/mol. The minimum atomic E-state index is -1.37. The molecule has 0 saturated heterocycles. The molecular formula is C6H18Br2N3P. The Balaban J connectivity index is 0. The second kappa shape index (κ2) is 5.89. The van der Waals surface area contributed by atoms with E-state index in [4.69, 9.17) is 0 Å². The van der Waals surface area contributed by atoms with Crippen molar-refractivity contribution in [3.8, 4) is 0 Å². The molecule has 0 N–H and O–H groups in total. The summed E-state index contributed by atoms with van der Waals surface area (Å²) < 4.78 is 6.65. The molecule has 0 heterocycles.